The summed E-state index contributed by atoms with van der Waals surface area (Å²) >= 11 is 0. The number of hydrogen-bond donors (Lipinski definition) is 1. The standard InChI is InChI=1S/C20H32N4O3/c1-6-21-20(24-10-8-16(9-11-24)19(25)27-7-2)23-13-17-15(4)18(26-5)14(3)12-22-17/h12,16H,6-11,13H2,1-5H3,(H,21,23). The molecule has 0 unspecified atom stereocenters. The average molecular weight is 377 g/mol. The molecule has 0 bridgehead atoms. The van der Waals surface area contributed by atoms with Crippen LogP contribution in [-0.4, -0.2) is 55.2 Å². The van der Waals surface area contributed by atoms with Gasteiger partial charge >= 0.3 is 5.97 Å². The number of aromatic nitrogens is 1. The van der Waals surface area contributed by atoms with Crippen LogP contribution >= 0.6 is 0 Å². The summed E-state index contributed by atoms with van der Waals surface area (Å²) in [4.78, 5) is 23.4. The summed E-state index contributed by atoms with van der Waals surface area (Å²) < 4.78 is 10.6. The molecule has 0 spiro atoms. The summed E-state index contributed by atoms with van der Waals surface area (Å²) in [6, 6.07) is 0. The van der Waals surface area contributed by atoms with E-state index in [0.717, 1.165) is 61.0 Å². The first-order chi connectivity index (χ1) is 13.0. The maximum Gasteiger partial charge on any atom is 0.309 e. The number of nitrogens with one attached hydrogen (secondary N) is 1. The van der Waals surface area contributed by atoms with Crippen LogP contribution in [0, 0.1) is 19.8 Å². The van der Waals surface area contributed by atoms with E-state index in [4.69, 9.17) is 14.5 Å². The molecule has 0 atom stereocenters. The molecule has 1 aliphatic heterocycles. The molecule has 7 heteroatoms. The van der Waals surface area contributed by atoms with E-state index < -0.39 is 0 Å². The van der Waals surface area contributed by atoms with Gasteiger partial charge in [-0.05, 0) is 40.5 Å². The smallest absolute Gasteiger partial charge is 0.309 e. The zero-order valence-corrected chi connectivity index (χ0v) is 17.2. The van der Waals surface area contributed by atoms with Gasteiger partial charge in [-0.3, -0.25) is 9.78 Å². The van der Waals surface area contributed by atoms with Gasteiger partial charge < -0.3 is 19.7 Å². The number of ether oxygens (including phenoxy) is 2. The molecule has 0 aromatic carbocycles. The summed E-state index contributed by atoms with van der Waals surface area (Å²) in [5.74, 6) is 1.65. The second kappa shape index (κ2) is 10.1. The number of nitrogens with zero attached hydrogens (tertiary/aromatic N) is 3. The van der Waals surface area contributed by atoms with Crippen LogP contribution in [0.25, 0.3) is 0 Å². The lowest BCUT2D eigenvalue weighted by Crippen LogP contribution is -2.46. The highest BCUT2D eigenvalue weighted by atomic mass is 16.5. The van der Waals surface area contributed by atoms with Gasteiger partial charge in [-0.25, -0.2) is 4.99 Å². The van der Waals surface area contributed by atoms with Crippen molar-refractivity contribution in [1.29, 1.82) is 0 Å². The first-order valence-electron chi connectivity index (χ1n) is 9.70. The third kappa shape index (κ3) is 5.34. The molecule has 27 heavy (non-hydrogen) atoms. The van der Waals surface area contributed by atoms with E-state index in [2.05, 4.69) is 22.1 Å². The Labute approximate surface area is 162 Å². The van der Waals surface area contributed by atoms with Crippen LogP contribution in [-0.2, 0) is 16.1 Å². The largest absolute Gasteiger partial charge is 0.496 e. The first kappa shape index (κ1) is 21.0. The third-order valence-electron chi connectivity index (χ3n) is 4.88. The fourth-order valence-electron chi connectivity index (χ4n) is 3.39. The minimum Gasteiger partial charge on any atom is -0.496 e. The van der Waals surface area contributed by atoms with Crippen molar-refractivity contribution in [3.8, 4) is 5.75 Å². The highest BCUT2D eigenvalue weighted by Gasteiger charge is 2.27. The fourth-order valence-corrected chi connectivity index (χ4v) is 3.39. The maximum absolute atomic E-state index is 11.9. The predicted molar refractivity (Wildman–Crippen MR) is 106 cm³/mol. The van der Waals surface area contributed by atoms with Crippen LogP contribution in [0.15, 0.2) is 11.2 Å². The number of piperidine rings is 1. The molecule has 1 N–H and O–H groups in total. The van der Waals surface area contributed by atoms with Crippen molar-refractivity contribution in [3.05, 3.63) is 23.0 Å². The Morgan fingerprint density at radius 2 is 2.04 bits per heavy atom. The number of rotatable bonds is 6. The van der Waals surface area contributed by atoms with Crippen molar-refractivity contribution < 1.29 is 14.3 Å². The lowest BCUT2D eigenvalue weighted by Gasteiger charge is -2.33. The SMILES string of the molecule is CCNC(=NCc1ncc(C)c(OC)c1C)N1CCC(C(=O)OCC)CC1. The number of aryl methyl sites for hydroxylation is 1. The Balaban J connectivity index is 2.06. The van der Waals surface area contributed by atoms with Crippen molar-refractivity contribution in [3.63, 3.8) is 0 Å². The predicted octanol–water partition coefficient (Wildman–Crippen LogP) is 2.45. The van der Waals surface area contributed by atoms with Crippen LogP contribution < -0.4 is 10.1 Å². The van der Waals surface area contributed by atoms with Gasteiger partial charge in [0.2, 0.25) is 0 Å². The molecule has 2 rings (SSSR count). The minimum absolute atomic E-state index is 0.00523. The highest BCUT2D eigenvalue weighted by Crippen LogP contribution is 2.24. The van der Waals surface area contributed by atoms with Crippen LogP contribution in [0.5, 0.6) is 5.75 Å². The number of likely N-dealkylation sites (tertiary alicyclic amines) is 1. The molecule has 1 aromatic rings. The number of pyridine rings is 1. The van der Waals surface area contributed by atoms with E-state index in [-0.39, 0.29) is 11.9 Å². The number of carbonyl (C=O) groups excluding carboxylic acids is 1. The van der Waals surface area contributed by atoms with E-state index in [1.54, 1.807) is 7.11 Å². The summed E-state index contributed by atoms with van der Waals surface area (Å²) in [7, 11) is 1.68. The molecular formula is C20H32N4O3. The summed E-state index contributed by atoms with van der Waals surface area (Å²) in [6.07, 6.45) is 3.41. The van der Waals surface area contributed by atoms with Crippen LogP contribution in [0.2, 0.25) is 0 Å². The van der Waals surface area contributed by atoms with Gasteiger partial charge in [0.05, 0.1) is 31.9 Å². The molecule has 7 nitrogen and oxygen atoms in total. The maximum atomic E-state index is 11.9. The Morgan fingerprint density at radius 1 is 1.33 bits per heavy atom. The molecule has 150 valence electrons. The molecule has 1 fully saturated rings. The monoisotopic (exact) mass is 376 g/mol. The Kier molecular flexibility index (Phi) is 7.88. The normalized spacial score (nSPS) is 15.6. The fraction of sp³-hybridized carbons (Fsp3) is 0.650. The molecule has 0 radical (unpaired) electrons. The van der Waals surface area contributed by atoms with E-state index in [1.165, 1.54) is 0 Å². The minimum atomic E-state index is -0.0781. The Hall–Kier alpha value is -2.31. The first-order valence-corrected chi connectivity index (χ1v) is 9.70. The van der Waals surface area contributed by atoms with Gasteiger partial charge in [-0.15, -0.1) is 0 Å². The quantitative estimate of drug-likeness (QED) is 0.467. The van der Waals surface area contributed by atoms with Crippen LogP contribution in [0.4, 0.5) is 0 Å². The number of methoxy groups -OCH3 is 1. The van der Waals surface area contributed by atoms with Gasteiger partial charge in [0.15, 0.2) is 5.96 Å². The molecule has 1 aliphatic rings. The van der Waals surface area contributed by atoms with Crippen LogP contribution in [0.1, 0.15) is 43.5 Å². The van der Waals surface area contributed by atoms with Crippen molar-refractivity contribution in [1.82, 2.24) is 15.2 Å². The van der Waals surface area contributed by atoms with Gasteiger partial charge in [0, 0.05) is 37.0 Å². The van der Waals surface area contributed by atoms with E-state index in [1.807, 2.05) is 27.0 Å². The molecule has 0 saturated carbocycles. The molecule has 1 saturated heterocycles. The number of guanidine groups is 1. The summed E-state index contributed by atoms with van der Waals surface area (Å²) in [6.45, 7) is 11.2. The number of aliphatic imine (C=N–C) groups is 1. The van der Waals surface area contributed by atoms with E-state index in [9.17, 15) is 4.79 Å². The molecule has 2 heterocycles. The lowest BCUT2D eigenvalue weighted by atomic mass is 9.97. The van der Waals surface area contributed by atoms with Gasteiger partial charge in [-0.1, -0.05) is 0 Å². The topological polar surface area (TPSA) is 76.1 Å². The molecule has 1 aromatic heterocycles. The number of carbonyl (C=O) groups is 1. The molecule has 0 aliphatic carbocycles. The molecular weight excluding hydrogens is 344 g/mol. The van der Waals surface area contributed by atoms with E-state index >= 15 is 0 Å². The second-order valence-electron chi connectivity index (χ2n) is 6.73. The zero-order valence-electron chi connectivity index (χ0n) is 17.2. The highest BCUT2D eigenvalue weighted by molar-refractivity contribution is 5.80. The van der Waals surface area contributed by atoms with Gasteiger partial charge in [0.25, 0.3) is 0 Å². The van der Waals surface area contributed by atoms with Crippen molar-refractivity contribution in [2.45, 2.75) is 47.1 Å². The van der Waals surface area contributed by atoms with Crippen LogP contribution in [0.3, 0.4) is 0 Å². The summed E-state index contributed by atoms with van der Waals surface area (Å²) in [5.41, 5.74) is 2.96. The molecule has 0 amide bonds. The van der Waals surface area contributed by atoms with Crippen molar-refractivity contribution in [2.24, 2.45) is 10.9 Å². The van der Waals surface area contributed by atoms with Crippen molar-refractivity contribution in [2.75, 3.05) is 33.4 Å². The zero-order chi connectivity index (χ0) is 19.8. The lowest BCUT2D eigenvalue weighted by molar-refractivity contribution is -0.149. The van der Waals surface area contributed by atoms with E-state index in [0.29, 0.717) is 13.2 Å². The van der Waals surface area contributed by atoms with Crippen molar-refractivity contribution >= 4 is 11.9 Å². The number of esters is 1. The average Bonchev–Trinajstić information content (AvgIpc) is 2.67. The van der Waals surface area contributed by atoms with Gasteiger partial charge in [-0.2, -0.15) is 0 Å². The Morgan fingerprint density at radius 3 is 2.63 bits per heavy atom. The Bertz CT molecular complexity index is 667. The summed E-state index contributed by atoms with van der Waals surface area (Å²) in [5, 5.41) is 3.35. The third-order valence-corrected chi connectivity index (χ3v) is 4.88. The van der Waals surface area contributed by atoms with Gasteiger partial charge in [0.1, 0.15) is 5.75 Å². The number of hydrogen-bond acceptors (Lipinski definition) is 5. The second-order valence-corrected chi connectivity index (χ2v) is 6.73.